The molecule has 0 spiro atoms. The summed E-state index contributed by atoms with van der Waals surface area (Å²) in [7, 11) is 1.61. The second-order valence-electron chi connectivity index (χ2n) is 9.41. The van der Waals surface area contributed by atoms with Gasteiger partial charge in [-0.15, -0.1) is 0 Å². The van der Waals surface area contributed by atoms with Crippen LogP contribution in [0.25, 0.3) is 0 Å². The lowest BCUT2D eigenvalue weighted by molar-refractivity contribution is 0.0707. The standard InChI is InChI=1S/C25H37N3O4/c1-31-23-17-18(11-12-22(23)32-21-9-5-6-10-21)24(29)28-15-13-20(14-16-28)27-25(30)26-19-7-3-2-4-8-19/h11-12,17,19-21H,2-10,13-16H2,1H3,(H2,26,27,30). The molecule has 2 aliphatic carbocycles. The van der Waals surface area contributed by atoms with E-state index < -0.39 is 0 Å². The number of ether oxygens (including phenoxy) is 2. The first kappa shape index (κ1) is 22.7. The quantitative estimate of drug-likeness (QED) is 0.689. The molecule has 32 heavy (non-hydrogen) atoms. The Bertz CT molecular complexity index is 779. The van der Waals surface area contributed by atoms with E-state index in [1.54, 1.807) is 13.2 Å². The number of benzene rings is 1. The lowest BCUT2D eigenvalue weighted by atomic mass is 9.96. The summed E-state index contributed by atoms with van der Waals surface area (Å²) in [5.41, 5.74) is 0.613. The fourth-order valence-electron chi connectivity index (χ4n) is 5.15. The SMILES string of the molecule is COc1cc(C(=O)N2CCC(NC(=O)NC3CCCCC3)CC2)ccc1OC1CCCC1. The third-order valence-corrected chi connectivity index (χ3v) is 7.06. The van der Waals surface area contributed by atoms with Crippen LogP contribution in [0.5, 0.6) is 11.5 Å². The zero-order chi connectivity index (χ0) is 22.3. The van der Waals surface area contributed by atoms with Gasteiger partial charge in [0.2, 0.25) is 0 Å². The van der Waals surface area contributed by atoms with Gasteiger partial charge in [0.1, 0.15) is 0 Å². The van der Waals surface area contributed by atoms with Gasteiger partial charge in [-0.05, 0) is 69.6 Å². The van der Waals surface area contributed by atoms with Gasteiger partial charge in [-0.3, -0.25) is 4.79 Å². The Balaban J connectivity index is 1.26. The number of likely N-dealkylation sites (tertiary alicyclic amines) is 1. The van der Waals surface area contributed by atoms with Crippen LogP contribution in [0.1, 0.15) is 81.0 Å². The molecule has 3 aliphatic rings. The van der Waals surface area contributed by atoms with Crippen LogP contribution in [-0.2, 0) is 0 Å². The second kappa shape index (κ2) is 10.9. The molecule has 3 fully saturated rings. The molecule has 0 unspecified atom stereocenters. The molecule has 1 aromatic rings. The Labute approximate surface area is 191 Å². The highest BCUT2D eigenvalue weighted by Gasteiger charge is 2.26. The maximum absolute atomic E-state index is 13.0. The van der Waals surface area contributed by atoms with Crippen molar-refractivity contribution in [2.75, 3.05) is 20.2 Å². The van der Waals surface area contributed by atoms with E-state index in [1.165, 1.54) is 32.1 Å². The fourth-order valence-corrected chi connectivity index (χ4v) is 5.15. The highest BCUT2D eigenvalue weighted by Crippen LogP contribution is 2.33. The van der Waals surface area contributed by atoms with Crippen LogP contribution < -0.4 is 20.1 Å². The summed E-state index contributed by atoms with van der Waals surface area (Å²) in [5.74, 6) is 1.32. The molecular formula is C25H37N3O4. The van der Waals surface area contributed by atoms with Crippen LogP contribution in [0.3, 0.4) is 0 Å². The third-order valence-electron chi connectivity index (χ3n) is 7.06. The van der Waals surface area contributed by atoms with Gasteiger partial charge >= 0.3 is 6.03 Å². The van der Waals surface area contributed by atoms with Crippen LogP contribution in [0.4, 0.5) is 4.79 Å². The Morgan fingerprint density at radius 3 is 2.12 bits per heavy atom. The van der Waals surface area contributed by atoms with Gasteiger partial charge in [0, 0.05) is 30.7 Å². The third kappa shape index (κ3) is 5.87. The Morgan fingerprint density at radius 2 is 1.47 bits per heavy atom. The normalized spacial score (nSPS) is 20.7. The summed E-state index contributed by atoms with van der Waals surface area (Å²) in [6.45, 7) is 1.27. The molecule has 7 nitrogen and oxygen atoms in total. The van der Waals surface area contributed by atoms with Crippen LogP contribution in [0.2, 0.25) is 0 Å². The lowest BCUT2D eigenvalue weighted by Crippen LogP contribution is -2.51. The van der Waals surface area contributed by atoms with Crippen LogP contribution in [0.15, 0.2) is 18.2 Å². The van der Waals surface area contributed by atoms with Crippen molar-refractivity contribution < 1.29 is 19.1 Å². The van der Waals surface area contributed by atoms with Crippen molar-refractivity contribution in [3.8, 4) is 11.5 Å². The van der Waals surface area contributed by atoms with Crippen molar-refractivity contribution in [3.63, 3.8) is 0 Å². The number of methoxy groups -OCH3 is 1. The van der Waals surface area contributed by atoms with Crippen molar-refractivity contribution in [1.82, 2.24) is 15.5 Å². The number of nitrogens with one attached hydrogen (secondary N) is 2. The largest absolute Gasteiger partial charge is 0.493 e. The van der Waals surface area contributed by atoms with E-state index in [2.05, 4.69) is 10.6 Å². The highest BCUT2D eigenvalue weighted by molar-refractivity contribution is 5.95. The van der Waals surface area contributed by atoms with E-state index >= 15 is 0 Å². The molecule has 0 aromatic heterocycles. The van der Waals surface area contributed by atoms with Crippen molar-refractivity contribution in [1.29, 1.82) is 0 Å². The minimum absolute atomic E-state index is 0.000763. The predicted molar refractivity (Wildman–Crippen MR) is 123 cm³/mol. The predicted octanol–water partition coefficient (Wildman–Crippen LogP) is 4.25. The summed E-state index contributed by atoms with van der Waals surface area (Å²) < 4.78 is 11.6. The Kier molecular flexibility index (Phi) is 7.76. The number of carbonyl (C=O) groups excluding carboxylic acids is 2. The molecule has 1 aliphatic heterocycles. The van der Waals surface area contributed by atoms with Gasteiger partial charge in [-0.25, -0.2) is 4.79 Å². The Morgan fingerprint density at radius 1 is 0.844 bits per heavy atom. The van der Waals surface area contributed by atoms with E-state index in [9.17, 15) is 9.59 Å². The van der Waals surface area contributed by atoms with E-state index in [4.69, 9.17) is 9.47 Å². The summed E-state index contributed by atoms with van der Waals surface area (Å²) >= 11 is 0. The first-order valence-corrected chi connectivity index (χ1v) is 12.3. The van der Waals surface area contributed by atoms with Crippen molar-refractivity contribution >= 4 is 11.9 Å². The van der Waals surface area contributed by atoms with Gasteiger partial charge in [0.25, 0.3) is 5.91 Å². The zero-order valence-corrected chi connectivity index (χ0v) is 19.2. The number of amides is 3. The molecule has 2 saturated carbocycles. The molecule has 0 bridgehead atoms. The zero-order valence-electron chi connectivity index (χ0n) is 19.2. The number of carbonyl (C=O) groups is 2. The summed E-state index contributed by atoms with van der Waals surface area (Å²) in [4.78, 5) is 27.2. The number of hydrogen-bond acceptors (Lipinski definition) is 4. The van der Waals surface area contributed by atoms with E-state index in [0.717, 1.165) is 38.5 Å². The first-order chi connectivity index (χ1) is 15.6. The molecule has 0 radical (unpaired) electrons. The number of nitrogens with zero attached hydrogens (tertiary/aromatic N) is 1. The summed E-state index contributed by atoms with van der Waals surface area (Å²) in [6, 6.07) is 5.82. The molecule has 2 N–H and O–H groups in total. The molecule has 4 rings (SSSR count). The molecule has 1 saturated heterocycles. The molecule has 1 heterocycles. The van der Waals surface area contributed by atoms with Gasteiger partial charge in [-0.1, -0.05) is 19.3 Å². The fraction of sp³-hybridized carbons (Fsp3) is 0.680. The van der Waals surface area contributed by atoms with Gasteiger partial charge in [0.15, 0.2) is 11.5 Å². The molecular weight excluding hydrogens is 406 g/mol. The van der Waals surface area contributed by atoms with E-state index in [1.807, 2.05) is 17.0 Å². The summed E-state index contributed by atoms with van der Waals surface area (Å²) in [6.07, 6.45) is 12.2. The molecule has 0 atom stereocenters. The van der Waals surface area contributed by atoms with Crippen LogP contribution >= 0.6 is 0 Å². The van der Waals surface area contributed by atoms with Crippen LogP contribution in [0, 0.1) is 0 Å². The number of piperidine rings is 1. The van der Waals surface area contributed by atoms with Crippen molar-refractivity contribution in [2.24, 2.45) is 0 Å². The van der Waals surface area contributed by atoms with Crippen molar-refractivity contribution in [2.45, 2.75) is 88.8 Å². The first-order valence-electron chi connectivity index (χ1n) is 12.3. The minimum atomic E-state index is -0.0655. The van der Waals surface area contributed by atoms with Gasteiger partial charge in [-0.2, -0.15) is 0 Å². The van der Waals surface area contributed by atoms with Gasteiger partial charge in [0.05, 0.1) is 13.2 Å². The molecule has 3 amide bonds. The lowest BCUT2D eigenvalue weighted by Gasteiger charge is -2.33. The number of hydrogen-bond donors (Lipinski definition) is 2. The summed E-state index contributed by atoms with van der Waals surface area (Å²) in [5, 5.41) is 6.21. The second-order valence-corrected chi connectivity index (χ2v) is 9.41. The van der Waals surface area contributed by atoms with Crippen LogP contribution in [-0.4, -0.2) is 55.2 Å². The monoisotopic (exact) mass is 443 g/mol. The van der Waals surface area contributed by atoms with Crippen molar-refractivity contribution in [3.05, 3.63) is 23.8 Å². The molecule has 1 aromatic carbocycles. The topological polar surface area (TPSA) is 79.9 Å². The highest BCUT2D eigenvalue weighted by atomic mass is 16.5. The van der Waals surface area contributed by atoms with E-state index in [0.29, 0.717) is 36.2 Å². The average Bonchev–Trinajstić information content (AvgIpc) is 3.33. The average molecular weight is 444 g/mol. The molecule has 7 heteroatoms. The smallest absolute Gasteiger partial charge is 0.315 e. The minimum Gasteiger partial charge on any atom is -0.493 e. The Hall–Kier alpha value is -2.44. The van der Waals surface area contributed by atoms with Gasteiger partial charge < -0.3 is 25.0 Å². The number of urea groups is 1. The van der Waals surface area contributed by atoms with E-state index in [-0.39, 0.29) is 24.1 Å². The molecule has 176 valence electrons. The maximum Gasteiger partial charge on any atom is 0.315 e. The number of rotatable bonds is 6. The maximum atomic E-state index is 13.0.